The van der Waals surface area contributed by atoms with Gasteiger partial charge in [-0.1, -0.05) is 32.1 Å². The van der Waals surface area contributed by atoms with Crippen molar-refractivity contribution in [2.75, 3.05) is 6.54 Å². The smallest absolute Gasteiger partial charge is 0.00675 e. The monoisotopic (exact) mass is 181 g/mol. The van der Waals surface area contributed by atoms with Gasteiger partial charge in [-0.05, 0) is 38.1 Å². The van der Waals surface area contributed by atoms with Crippen molar-refractivity contribution in [3.63, 3.8) is 0 Å². The van der Waals surface area contributed by atoms with Crippen molar-refractivity contribution in [2.45, 2.75) is 57.9 Å². The van der Waals surface area contributed by atoms with Crippen molar-refractivity contribution in [2.24, 2.45) is 11.8 Å². The first-order valence-corrected chi connectivity index (χ1v) is 6.09. The number of nitrogens with one attached hydrogen (secondary N) is 1. The van der Waals surface area contributed by atoms with Crippen LogP contribution < -0.4 is 5.32 Å². The normalized spacial score (nSPS) is 36.7. The topological polar surface area (TPSA) is 12.0 Å². The molecule has 1 aliphatic carbocycles. The minimum absolute atomic E-state index is 0.793. The van der Waals surface area contributed by atoms with Gasteiger partial charge in [0.1, 0.15) is 0 Å². The molecule has 1 saturated carbocycles. The average Bonchev–Trinajstić information content (AvgIpc) is 2.54. The average molecular weight is 181 g/mol. The molecule has 1 aliphatic heterocycles. The lowest BCUT2D eigenvalue weighted by Crippen LogP contribution is -2.24. The molecule has 1 N–H and O–H groups in total. The van der Waals surface area contributed by atoms with Gasteiger partial charge in [-0.15, -0.1) is 0 Å². The van der Waals surface area contributed by atoms with Crippen molar-refractivity contribution < 1.29 is 0 Å². The summed E-state index contributed by atoms with van der Waals surface area (Å²) in [5, 5.41) is 3.56. The van der Waals surface area contributed by atoms with E-state index in [0.717, 1.165) is 17.9 Å². The van der Waals surface area contributed by atoms with Gasteiger partial charge in [-0.2, -0.15) is 0 Å². The SMILES string of the molecule is CC1NCCC1CC1CCCCC1. The second kappa shape index (κ2) is 4.45. The summed E-state index contributed by atoms with van der Waals surface area (Å²) in [6.07, 6.45) is 10.5. The second-order valence-electron chi connectivity index (χ2n) is 5.03. The lowest BCUT2D eigenvalue weighted by Gasteiger charge is -2.26. The summed E-state index contributed by atoms with van der Waals surface area (Å²) >= 11 is 0. The van der Waals surface area contributed by atoms with E-state index in [0.29, 0.717) is 0 Å². The highest BCUT2D eigenvalue weighted by molar-refractivity contribution is 4.82. The van der Waals surface area contributed by atoms with Gasteiger partial charge in [0.25, 0.3) is 0 Å². The fourth-order valence-electron chi connectivity index (χ4n) is 3.09. The van der Waals surface area contributed by atoms with Crippen molar-refractivity contribution in [3.05, 3.63) is 0 Å². The van der Waals surface area contributed by atoms with Crippen molar-refractivity contribution in [1.82, 2.24) is 5.32 Å². The summed E-state index contributed by atoms with van der Waals surface area (Å²) in [7, 11) is 0. The summed E-state index contributed by atoms with van der Waals surface area (Å²) in [4.78, 5) is 0. The van der Waals surface area contributed by atoms with E-state index in [1.54, 1.807) is 0 Å². The Balaban J connectivity index is 1.75. The van der Waals surface area contributed by atoms with Crippen LogP contribution in [0.2, 0.25) is 0 Å². The summed E-state index contributed by atoms with van der Waals surface area (Å²) in [5.74, 6) is 2.06. The Morgan fingerprint density at radius 1 is 1.08 bits per heavy atom. The maximum absolute atomic E-state index is 3.56. The third-order valence-corrected chi connectivity index (χ3v) is 4.05. The standard InChI is InChI=1S/C12H23N/c1-10-12(7-8-13-10)9-11-5-3-2-4-6-11/h10-13H,2-9H2,1H3. The van der Waals surface area contributed by atoms with E-state index >= 15 is 0 Å². The summed E-state index contributed by atoms with van der Waals surface area (Å²) in [5.41, 5.74) is 0. The molecule has 1 heterocycles. The molecule has 0 spiro atoms. The van der Waals surface area contributed by atoms with E-state index in [1.807, 2.05) is 0 Å². The summed E-state index contributed by atoms with van der Waals surface area (Å²) in [6, 6.07) is 0.793. The Labute approximate surface area is 82.3 Å². The second-order valence-corrected chi connectivity index (χ2v) is 5.03. The molecule has 1 saturated heterocycles. The van der Waals surface area contributed by atoms with Crippen LogP contribution in [-0.4, -0.2) is 12.6 Å². The maximum atomic E-state index is 3.56. The van der Waals surface area contributed by atoms with E-state index in [-0.39, 0.29) is 0 Å². The summed E-state index contributed by atoms with van der Waals surface area (Å²) < 4.78 is 0. The minimum atomic E-state index is 0.793. The first kappa shape index (κ1) is 9.51. The molecule has 2 atom stereocenters. The first-order chi connectivity index (χ1) is 6.36. The molecule has 1 heteroatoms. The molecule has 2 aliphatic rings. The lowest BCUT2D eigenvalue weighted by atomic mass is 9.81. The Hall–Kier alpha value is -0.0400. The van der Waals surface area contributed by atoms with Crippen LogP contribution in [0.5, 0.6) is 0 Å². The van der Waals surface area contributed by atoms with Crippen LogP contribution in [0.4, 0.5) is 0 Å². The molecule has 0 aromatic carbocycles. The minimum Gasteiger partial charge on any atom is -0.314 e. The van der Waals surface area contributed by atoms with Crippen LogP contribution in [0.3, 0.4) is 0 Å². The van der Waals surface area contributed by atoms with Crippen molar-refractivity contribution in [1.29, 1.82) is 0 Å². The van der Waals surface area contributed by atoms with E-state index in [9.17, 15) is 0 Å². The van der Waals surface area contributed by atoms with Gasteiger partial charge in [0, 0.05) is 6.04 Å². The third-order valence-electron chi connectivity index (χ3n) is 4.05. The molecule has 1 nitrogen and oxygen atoms in total. The van der Waals surface area contributed by atoms with Gasteiger partial charge in [-0.3, -0.25) is 0 Å². The quantitative estimate of drug-likeness (QED) is 0.690. The zero-order valence-electron chi connectivity index (χ0n) is 8.89. The molecule has 2 rings (SSSR count). The van der Waals surface area contributed by atoms with E-state index < -0.39 is 0 Å². The number of hydrogen-bond donors (Lipinski definition) is 1. The molecule has 0 aromatic rings. The fraction of sp³-hybridized carbons (Fsp3) is 1.00. The van der Waals surface area contributed by atoms with Crippen LogP contribution in [0.15, 0.2) is 0 Å². The molecule has 2 unspecified atom stereocenters. The van der Waals surface area contributed by atoms with Gasteiger partial charge >= 0.3 is 0 Å². The predicted molar refractivity (Wildman–Crippen MR) is 56.8 cm³/mol. The van der Waals surface area contributed by atoms with Crippen LogP contribution in [0, 0.1) is 11.8 Å². The van der Waals surface area contributed by atoms with Crippen LogP contribution >= 0.6 is 0 Å². The van der Waals surface area contributed by atoms with Crippen LogP contribution in [0.1, 0.15) is 51.9 Å². The molecule has 2 fully saturated rings. The first-order valence-electron chi connectivity index (χ1n) is 6.09. The zero-order chi connectivity index (χ0) is 9.10. The molecular weight excluding hydrogens is 158 g/mol. The Morgan fingerprint density at radius 3 is 2.46 bits per heavy atom. The highest BCUT2D eigenvalue weighted by Gasteiger charge is 2.26. The number of rotatable bonds is 2. The molecule has 0 aromatic heterocycles. The highest BCUT2D eigenvalue weighted by atomic mass is 14.9. The van der Waals surface area contributed by atoms with Crippen LogP contribution in [-0.2, 0) is 0 Å². The Bertz CT molecular complexity index is 149. The van der Waals surface area contributed by atoms with Crippen LogP contribution in [0.25, 0.3) is 0 Å². The predicted octanol–water partition coefficient (Wildman–Crippen LogP) is 2.95. The Kier molecular flexibility index (Phi) is 3.26. The van der Waals surface area contributed by atoms with E-state index in [4.69, 9.17) is 0 Å². The fourth-order valence-corrected chi connectivity index (χ4v) is 3.09. The zero-order valence-corrected chi connectivity index (χ0v) is 8.89. The molecule has 0 radical (unpaired) electrons. The van der Waals surface area contributed by atoms with Gasteiger partial charge in [0.05, 0.1) is 0 Å². The summed E-state index contributed by atoms with van der Waals surface area (Å²) in [6.45, 7) is 3.62. The van der Waals surface area contributed by atoms with Gasteiger partial charge < -0.3 is 5.32 Å². The largest absolute Gasteiger partial charge is 0.314 e. The maximum Gasteiger partial charge on any atom is 0.00675 e. The lowest BCUT2D eigenvalue weighted by molar-refractivity contribution is 0.278. The van der Waals surface area contributed by atoms with Gasteiger partial charge in [0.15, 0.2) is 0 Å². The van der Waals surface area contributed by atoms with Gasteiger partial charge in [-0.25, -0.2) is 0 Å². The number of hydrogen-bond acceptors (Lipinski definition) is 1. The van der Waals surface area contributed by atoms with E-state index in [2.05, 4.69) is 12.2 Å². The van der Waals surface area contributed by atoms with E-state index in [1.165, 1.54) is 51.5 Å². The molecular formula is C12H23N. The molecule has 0 amide bonds. The third kappa shape index (κ3) is 2.46. The highest BCUT2D eigenvalue weighted by Crippen LogP contribution is 2.32. The Morgan fingerprint density at radius 2 is 1.85 bits per heavy atom. The molecule has 76 valence electrons. The van der Waals surface area contributed by atoms with Gasteiger partial charge in [0.2, 0.25) is 0 Å². The van der Waals surface area contributed by atoms with Crippen molar-refractivity contribution >= 4 is 0 Å². The molecule has 0 bridgehead atoms. The molecule has 13 heavy (non-hydrogen) atoms. The van der Waals surface area contributed by atoms with Crippen molar-refractivity contribution in [3.8, 4) is 0 Å².